The first-order valence-corrected chi connectivity index (χ1v) is 8.81. The highest BCUT2D eigenvalue weighted by molar-refractivity contribution is 5.78. The molecule has 144 valence electrons. The number of hydrogen-bond acceptors (Lipinski definition) is 5. The molecule has 0 aliphatic heterocycles. The van der Waals surface area contributed by atoms with Crippen LogP contribution in [0.2, 0.25) is 0 Å². The van der Waals surface area contributed by atoms with E-state index < -0.39 is 6.61 Å². The average Bonchev–Trinajstić information content (AvgIpc) is 3.06. The van der Waals surface area contributed by atoms with Gasteiger partial charge in [-0.25, -0.2) is 4.98 Å². The van der Waals surface area contributed by atoms with Gasteiger partial charge < -0.3 is 9.30 Å². The minimum Gasteiger partial charge on any atom is -0.434 e. The van der Waals surface area contributed by atoms with Gasteiger partial charge in [0.15, 0.2) is 0 Å². The maximum absolute atomic E-state index is 12.8. The second kappa shape index (κ2) is 8.02. The first kappa shape index (κ1) is 18.5. The van der Waals surface area contributed by atoms with E-state index in [2.05, 4.69) is 25.8 Å². The van der Waals surface area contributed by atoms with Crippen molar-refractivity contribution in [3.05, 3.63) is 83.7 Å². The van der Waals surface area contributed by atoms with Crippen molar-refractivity contribution in [3.8, 4) is 11.8 Å². The molecule has 0 aliphatic rings. The molecule has 4 aromatic rings. The molecule has 8 heteroatoms. The van der Waals surface area contributed by atoms with Crippen molar-refractivity contribution in [1.82, 2.24) is 19.5 Å². The highest BCUT2D eigenvalue weighted by Gasteiger charge is 2.16. The minimum absolute atomic E-state index is 0.103. The Morgan fingerprint density at radius 2 is 2.00 bits per heavy atom. The molecule has 2 heterocycles. The first-order valence-electron chi connectivity index (χ1n) is 8.81. The van der Waals surface area contributed by atoms with E-state index in [9.17, 15) is 14.0 Å². The van der Waals surface area contributed by atoms with Crippen LogP contribution in [0.1, 0.15) is 22.6 Å². The number of ether oxygens (including phenoxy) is 1. The predicted molar refractivity (Wildman–Crippen MR) is 101 cm³/mol. The fraction of sp³-hybridized carbons (Fsp3) is 0.143. The summed E-state index contributed by atoms with van der Waals surface area (Å²) in [4.78, 5) is 13.0. The van der Waals surface area contributed by atoms with Crippen LogP contribution in [0.5, 0.6) is 5.75 Å². The first-order chi connectivity index (χ1) is 14.1. The Morgan fingerprint density at radius 1 is 1.14 bits per heavy atom. The molecule has 4 rings (SSSR count). The van der Waals surface area contributed by atoms with Gasteiger partial charge in [0, 0.05) is 30.6 Å². The number of aromatic nitrogens is 4. The van der Waals surface area contributed by atoms with Gasteiger partial charge in [-0.3, -0.25) is 9.97 Å². The Balaban J connectivity index is 1.81. The van der Waals surface area contributed by atoms with Crippen molar-refractivity contribution in [2.75, 3.05) is 0 Å². The zero-order chi connectivity index (χ0) is 20.2. The number of benzene rings is 2. The summed E-state index contributed by atoms with van der Waals surface area (Å²) in [6.07, 6.45) is 5.24. The molecule has 0 N–H and O–H groups in total. The Bertz CT molecular complexity index is 1180. The van der Waals surface area contributed by atoms with Gasteiger partial charge in [-0.2, -0.15) is 14.0 Å². The predicted octanol–water partition coefficient (Wildman–Crippen LogP) is 3.94. The zero-order valence-electron chi connectivity index (χ0n) is 15.2. The monoisotopic (exact) mass is 391 g/mol. The number of fused-ring (bicyclic) bond motifs is 1. The highest BCUT2D eigenvalue weighted by Crippen LogP contribution is 2.26. The largest absolute Gasteiger partial charge is 0.434 e. The van der Waals surface area contributed by atoms with Crippen LogP contribution in [-0.4, -0.2) is 26.1 Å². The molecule has 2 aromatic carbocycles. The Labute approximate surface area is 165 Å². The van der Waals surface area contributed by atoms with Crippen LogP contribution in [0.15, 0.2) is 61.1 Å². The van der Waals surface area contributed by atoms with Crippen LogP contribution in [0.4, 0.5) is 8.78 Å². The summed E-state index contributed by atoms with van der Waals surface area (Å²) in [5.41, 5.74) is 3.23. The third-order valence-corrected chi connectivity index (χ3v) is 4.43. The number of nitriles is 1. The number of hydrogen-bond donors (Lipinski definition) is 0. The lowest BCUT2D eigenvalue weighted by molar-refractivity contribution is -0.0504. The van der Waals surface area contributed by atoms with E-state index in [0.29, 0.717) is 28.9 Å². The van der Waals surface area contributed by atoms with Gasteiger partial charge >= 0.3 is 6.61 Å². The molecule has 0 amide bonds. The summed E-state index contributed by atoms with van der Waals surface area (Å²) in [6, 6.07) is 13.9. The molecule has 0 atom stereocenters. The van der Waals surface area contributed by atoms with Crippen molar-refractivity contribution >= 4 is 11.0 Å². The fourth-order valence-electron chi connectivity index (χ4n) is 3.15. The van der Waals surface area contributed by atoms with Crippen LogP contribution < -0.4 is 4.74 Å². The molecule has 2 aromatic heterocycles. The molecular weight excluding hydrogens is 376 g/mol. The van der Waals surface area contributed by atoms with Crippen LogP contribution in [0.25, 0.3) is 11.0 Å². The van der Waals surface area contributed by atoms with Crippen molar-refractivity contribution in [1.29, 1.82) is 5.26 Å². The molecule has 0 aliphatic carbocycles. The van der Waals surface area contributed by atoms with E-state index in [0.717, 1.165) is 11.2 Å². The number of para-hydroxylation sites is 1. The molecule has 29 heavy (non-hydrogen) atoms. The maximum Gasteiger partial charge on any atom is 0.387 e. The van der Waals surface area contributed by atoms with E-state index >= 15 is 0 Å². The number of alkyl halides is 2. The van der Waals surface area contributed by atoms with E-state index in [-0.39, 0.29) is 12.3 Å². The molecule has 0 saturated heterocycles. The van der Waals surface area contributed by atoms with E-state index in [4.69, 9.17) is 0 Å². The minimum atomic E-state index is -2.92. The fourth-order valence-corrected chi connectivity index (χ4v) is 3.15. The standard InChI is InChI=1S/C21H15F2N5O/c22-21(23)29-19-4-2-1-3-15(19)13-28-18-9-14(11-24)5-6-17(18)27-20(28)10-16-12-25-7-8-26-16/h1-9,12,21H,10,13H2. The van der Waals surface area contributed by atoms with E-state index in [1.54, 1.807) is 55.0 Å². The maximum atomic E-state index is 12.8. The van der Waals surface area contributed by atoms with Crippen molar-refractivity contribution in [2.24, 2.45) is 0 Å². The van der Waals surface area contributed by atoms with Crippen molar-refractivity contribution in [2.45, 2.75) is 19.6 Å². The summed E-state index contributed by atoms with van der Waals surface area (Å²) >= 11 is 0. The summed E-state index contributed by atoms with van der Waals surface area (Å²) in [6.45, 7) is -2.66. The van der Waals surface area contributed by atoms with E-state index in [1.165, 1.54) is 6.07 Å². The van der Waals surface area contributed by atoms with Gasteiger partial charge in [0.25, 0.3) is 0 Å². The molecule has 0 saturated carbocycles. The lowest BCUT2D eigenvalue weighted by Crippen LogP contribution is -2.10. The molecule has 0 unspecified atom stereocenters. The topological polar surface area (TPSA) is 76.6 Å². The molecule has 0 spiro atoms. The molecular formula is C21H15F2N5O. The SMILES string of the molecule is N#Cc1ccc2nc(Cc3cnccn3)n(Cc3ccccc3OC(F)F)c2c1. The van der Waals surface area contributed by atoms with Crippen molar-refractivity contribution in [3.63, 3.8) is 0 Å². The van der Waals surface area contributed by atoms with Crippen molar-refractivity contribution < 1.29 is 13.5 Å². The number of imidazole rings is 1. The molecule has 0 bridgehead atoms. The summed E-state index contributed by atoms with van der Waals surface area (Å²) in [7, 11) is 0. The van der Waals surface area contributed by atoms with Gasteiger partial charge in [0.1, 0.15) is 11.6 Å². The molecule has 6 nitrogen and oxygen atoms in total. The van der Waals surface area contributed by atoms with Gasteiger partial charge in [0.05, 0.1) is 34.9 Å². The smallest absolute Gasteiger partial charge is 0.387 e. The molecule has 0 radical (unpaired) electrons. The third-order valence-electron chi connectivity index (χ3n) is 4.43. The Hall–Kier alpha value is -3.86. The summed E-state index contributed by atoms with van der Waals surface area (Å²) in [5, 5.41) is 9.26. The summed E-state index contributed by atoms with van der Waals surface area (Å²) < 4.78 is 32.2. The summed E-state index contributed by atoms with van der Waals surface area (Å²) in [5.74, 6) is 0.786. The zero-order valence-corrected chi connectivity index (χ0v) is 15.2. The van der Waals surface area contributed by atoms with Gasteiger partial charge in [-0.1, -0.05) is 18.2 Å². The van der Waals surface area contributed by atoms with E-state index in [1.807, 2.05) is 4.57 Å². The quantitative estimate of drug-likeness (QED) is 0.498. The van der Waals surface area contributed by atoms with Crippen LogP contribution in [0, 0.1) is 11.3 Å². The Morgan fingerprint density at radius 3 is 2.76 bits per heavy atom. The number of rotatable bonds is 6. The lowest BCUT2D eigenvalue weighted by Gasteiger charge is -2.13. The number of halogens is 2. The second-order valence-electron chi connectivity index (χ2n) is 6.29. The Kier molecular flexibility index (Phi) is 5.12. The van der Waals surface area contributed by atoms with Gasteiger partial charge in [-0.15, -0.1) is 0 Å². The third kappa shape index (κ3) is 4.04. The molecule has 0 fully saturated rings. The normalized spacial score (nSPS) is 11.0. The van der Waals surface area contributed by atoms with Gasteiger partial charge in [-0.05, 0) is 24.3 Å². The lowest BCUT2D eigenvalue weighted by atomic mass is 10.1. The second-order valence-corrected chi connectivity index (χ2v) is 6.29. The highest BCUT2D eigenvalue weighted by atomic mass is 19.3. The van der Waals surface area contributed by atoms with Crippen LogP contribution >= 0.6 is 0 Å². The van der Waals surface area contributed by atoms with Crippen LogP contribution in [0.3, 0.4) is 0 Å². The average molecular weight is 391 g/mol. The number of nitrogens with zero attached hydrogens (tertiary/aromatic N) is 5. The van der Waals surface area contributed by atoms with Gasteiger partial charge in [0.2, 0.25) is 0 Å². The van der Waals surface area contributed by atoms with Crippen LogP contribution in [-0.2, 0) is 13.0 Å².